The third-order valence-electron chi connectivity index (χ3n) is 2.92. The van der Waals surface area contributed by atoms with Crippen molar-refractivity contribution in [2.45, 2.75) is 0 Å². The summed E-state index contributed by atoms with van der Waals surface area (Å²) in [6.45, 7) is 0. The van der Waals surface area contributed by atoms with E-state index >= 15 is 0 Å². The van der Waals surface area contributed by atoms with E-state index in [1.807, 2.05) is 0 Å². The molecule has 1 rings (SSSR count). The molecule has 1 aliphatic rings. The first-order chi connectivity index (χ1) is 7.91. The number of hydrogen-bond donors (Lipinski definition) is 0. The fraction of sp³-hybridized carbons (Fsp3) is 0.462. The van der Waals surface area contributed by atoms with Gasteiger partial charge in [0.25, 0.3) is 7.71 Å². The monoisotopic (exact) mass is 253 g/mol. The lowest BCUT2D eigenvalue weighted by atomic mass is 10.1. The van der Waals surface area contributed by atoms with Crippen molar-refractivity contribution >= 4 is 7.71 Å². The number of rotatable bonds is 5. The van der Waals surface area contributed by atoms with Crippen LogP contribution in [0.25, 0.3) is 0 Å². The van der Waals surface area contributed by atoms with Crippen LogP contribution in [0, 0.1) is 31.6 Å². The van der Waals surface area contributed by atoms with Gasteiger partial charge in [-0.1, -0.05) is 0 Å². The molecular formula is C13H24N3P+. The fourth-order valence-corrected chi connectivity index (χ4v) is 5.48. The van der Waals surface area contributed by atoms with Gasteiger partial charge in [0.05, 0.1) is 0 Å². The Morgan fingerprint density at radius 3 is 1.59 bits per heavy atom. The van der Waals surface area contributed by atoms with E-state index in [1.165, 1.54) is 5.92 Å². The van der Waals surface area contributed by atoms with E-state index in [1.54, 1.807) is 0 Å². The second kappa shape index (κ2) is 6.29. The molecule has 0 aromatic rings. The van der Waals surface area contributed by atoms with Gasteiger partial charge in [0.1, 0.15) is 5.82 Å². The van der Waals surface area contributed by atoms with E-state index in [-0.39, 0.29) is 0 Å². The first kappa shape index (κ1) is 15.1. The Hall–Kier alpha value is 0.0500. The highest BCUT2D eigenvalue weighted by atomic mass is 31.2. The summed E-state index contributed by atoms with van der Waals surface area (Å²) in [5.74, 6) is 3.60. The molecule has 0 atom stereocenters. The predicted octanol–water partition coefficient (Wildman–Crippen LogP) is 2.35. The van der Waals surface area contributed by atoms with E-state index in [0.29, 0.717) is 0 Å². The Labute approximate surface area is 108 Å². The van der Waals surface area contributed by atoms with Crippen molar-refractivity contribution in [2.75, 3.05) is 42.3 Å². The van der Waals surface area contributed by atoms with Crippen molar-refractivity contribution in [1.82, 2.24) is 14.0 Å². The number of nitrogens with zero attached hydrogens (tertiary/aromatic N) is 3. The van der Waals surface area contributed by atoms with E-state index in [9.17, 15) is 0 Å². The number of hydrogen-bond acceptors (Lipinski definition) is 3. The molecule has 3 nitrogen and oxygen atoms in total. The van der Waals surface area contributed by atoms with Crippen molar-refractivity contribution in [3.05, 3.63) is 43.5 Å². The van der Waals surface area contributed by atoms with Crippen LogP contribution in [-0.2, 0) is 0 Å². The zero-order valence-corrected chi connectivity index (χ0v) is 12.6. The Bertz CT molecular complexity index is 234. The zero-order chi connectivity index (χ0) is 13.1. The second-order valence-electron chi connectivity index (χ2n) is 4.69. The van der Waals surface area contributed by atoms with Crippen LogP contribution < -0.4 is 0 Å². The zero-order valence-electron chi connectivity index (χ0n) is 11.8. The molecule has 1 fully saturated rings. The van der Waals surface area contributed by atoms with Gasteiger partial charge in [-0.05, 0) is 31.8 Å². The summed E-state index contributed by atoms with van der Waals surface area (Å²) < 4.78 is 6.94. The smallest absolute Gasteiger partial charge is 0.151 e. The molecule has 0 spiro atoms. The second-order valence-corrected chi connectivity index (χ2v) is 8.62. The molecule has 0 heterocycles. The van der Waals surface area contributed by atoms with Gasteiger partial charge in [0.2, 0.25) is 0 Å². The minimum atomic E-state index is -1.53. The van der Waals surface area contributed by atoms with Crippen LogP contribution in [-0.4, -0.2) is 56.3 Å². The normalized spacial score (nSPS) is 19.4. The van der Waals surface area contributed by atoms with Crippen LogP contribution in [0.2, 0.25) is 0 Å². The van der Waals surface area contributed by atoms with Gasteiger partial charge in [0.15, 0.2) is 0 Å². The van der Waals surface area contributed by atoms with Gasteiger partial charge in [-0.25, -0.2) is 0 Å². The van der Waals surface area contributed by atoms with E-state index < -0.39 is 7.71 Å². The predicted molar refractivity (Wildman–Crippen MR) is 77.6 cm³/mol. The molecule has 17 heavy (non-hydrogen) atoms. The van der Waals surface area contributed by atoms with Crippen molar-refractivity contribution < 1.29 is 0 Å². The van der Waals surface area contributed by atoms with Gasteiger partial charge in [-0.2, -0.15) is 14.0 Å². The quantitative estimate of drug-likeness (QED) is 0.696. The SMILES string of the molecule is CN(C)[P+](/C=C/[C]1[CH][CH][CH][CH]1)(N(C)C)N(C)C. The van der Waals surface area contributed by atoms with Crippen LogP contribution in [0.5, 0.6) is 0 Å². The van der Waals surface area contributed by atoms with Gasteiger partial charge in [-0.15, -0.1) is 0 Å². The maximum Gasteiger partial charge on any atom is 0.252 e. The third kappa shape index (κ3) is 3.29. The van der Waals surface area contributed by atoms with E-state index in [0.717, 1.165) is 0 Å². The molecule has 0 aromatic heterocycles. The summed E-state index contributed by atoms with van der Waals surface area (Å²) >= 11 is 0. The minimum Gasteiger partial charge on any atom is -0.151 e. The summed E-state index contributed by atoms with van der Waals surface area (Å²) in [6, 6.07) is 0. The maximum absolute atomic E-state index is 2.34. The molecule has 0 bridgehead atoms. The first-order valence-corrected chi connectivity index (χ1v) is 7.46. The van der Waals surface area contributed by atoms with Crippen molar-refractivity contribution in [1.29, 1.82) is 0 Å². The Kier molecular flexibility index (Phi) is 5.59. The molecule has 0 amide bonds. The highest BCUT2D eigenvalue weighted by Crippen LogP contribution is 2.65. The molecule has 0 aliphatic heterocycles. The van der Waals surface area contributed by atoms with Crippen LogP contribution in [0.3, 0.4) is 0 Å². The first-order valence-electron chi connectivity index (χ1n) is 5.74. The topological polar surface area (TPSA) is 9.72 Å². The molecule has 5 radical (unpaired) electrons. The third-order valence-corrected chi connectivity index (χ3v) is 7.00. The molecule has 1 saturated carbocycles. The van der Waals surface area contributed by atoms with Gasteiger partial charge in [0, 0.05) is 48.2 Å². The van der Waals surface area contributed by atoms with Crippen LogP contribution in [0.4, 0.5) is 0 Å². The molecule has 0 unspecified atom stereocenters. The van der Waals surface area contributed by atoms with Crippen LogP contribution in [0.1, 0.15) is 0 Å². The lowest BCUT2D eigenvalue weighted by molar-refractivity contribution is 0.472. The Morgan fingerprint density at radius 1 is 0.824 bits per heavy atom. The van der Waals surface area contributed by atoms with Gasteiger partial charge < -0.3 is 0 Å². The summed E-state index contributed by atoms with van der Waals surface area (Å²) in [7, 11) is 11.3. The minimum absolute atomic E-state index is 1.26. The average molecular weight is 253 g/mol. The van der Waals surface area contributed by atoms with Crippen LogP contribution in [0.15, 0.2) is 11.9 Å². The lowest BCUT2D eigenvalue weighted by Gasteiger charge is -2.37. The Morgan fingerprint density at radius 2 is 1.24 bits per heavy atom. The molecule has 0 aromatic carbocycles. The van der Waals surface area contributed by atoms with Crippen molar-refractivity contribution in [2.24, 2.45) is 0 Å². The van der Waals surface area contributed by atoms with Crippen molar-refractivity contribution in [3.63, 3.8) is 0 Å². The number of allylic oxidation sites excluding steroid dienone is 1. The molecule has 95 valence electrons. The highest BCUT2D eigenvalue weighted by molar-refractivity contribution is 7.71. The van der Waals surface area contributed by atoms with Crippen LogP contribution >= 0.6 is 7.71 Å². The van der Waals surface area contributed by atoms with Crippen molar-refractivity contribution in [3.8, 4) is 0 Å². The van der Waals surface area contributed by atoms with Gasteiger partial charge in [-0.3, -0.25) is 0 Å². The standard InChI is InChI=1S/C13H24N3P/c1-14(2)17(15(3)4,16(5)6)12-11-13-9-7-8-10-13/h7-12H,1-6H3/q+1/b12-11+. The largest absolute Gasteiger partial charge is 0.252 e. The van der Waals surface area contributed by atoms with Gasteiger partial charge >= 0.3 is 0 Å². The van der Waals surface area contributed by atoms with E-state index in [4.69, 9.17) is 0 Å². The maximum atomic E-state index is 2.34. The molecular weight excluding hydrogens is 229 g/mol. The Balaban J connectivity index is 2.88. The average Bonchev–Trinajstić information content (AvgIpc) is 2.69. The summed E-state index contributed by atoms with van der Waals surface area (Å²) in [6.07, 6.45) is 10.6. The summed E-state index contributed by atoms with van der Waals surface area (Å²) in [5, 5.41) is 0. The summed E-state index contributed by atoms with van der Waals surface area (Å²) in [4.78, 5) is 0. The molecule has 0 saturated heterocycles. The molecule has 1 aliphatic carbocycles. The lowest BCUT2D eigenvalue weighted by Crippen LogP contribution is -2.34. The summed E-state index contributed by atoms with van der Waals surface area (Å²) in [5.41, 5.74) is 0. The molecule has 0 N–H and O–H groups in total. The highest BCUT2D eigenvalue weighted by Gasteiger charge is 2.45. The fourth-order valence-electron chi connectivity index (χ4n) is 2.16. The molecule has 4 heteroatoms. The van der Waals surface area contributed by atoms with E-state index in [2.05, 4.69) is 93.9 Å².